The molecule has 106 valence electrons. The summed E-state index contributed by atoms with van der Waals surface area (Å²) >= 11 is 5.99. The number of nitrogens with zero attached hydrogens (tertiary/aromatic N) is 2. The summed E-state index contributed by atoms with van der Waals surface area (Å²) in [7, 11) is 0. The molecule has 0 spiro atoms. The van der Waals surface area contributed by atoms with Crippen molar-refractivity contribution in [3.05, 3.63) is 34.5 Å². The Morgan fingerprint density at radius 3 is 3.05 bits per heavy atom. The van der Waals surface area contributed by atoms with Gasteiger partial charge in [0.25, 0.3) is 0 Å². The molecule has 1 aliphatic rings. The number of benzene rings is 1. The molecule has 2 aromatic rings. The van der Waals surface area contributed by atoms with Crippen LogP contribution >= 0.6 is 11.6 Å². The van der Waals surface area contributed by atoms with Crippen LogP contribution in [0.3, 0.4) is 0 Å². The molecule has 4 nitrogen and oxygen atoms in total. The topological polar surface area (TPSA) is 52.2 Å². The van der Waals surface area contributed by atoms with Gasteiger partial charge in [-0.05, 0) is 31.2 Å². The molecule has 0 bridgehead atoms. The largest absolute Gasteiger partial charge is 0.506 e. The number of halogens is 1. The Balaban J connectivity index is 1.95. The van der Waals surface area contributed by atoms with Gasteiger partial charge in [-0.3, -0.25) is 10.00 Å². The van der Waals surface area contributed by atoms with Crippen LogP contribution in [0.4, 0.5) is 0 Å². The first-order valence-corrected chi connectivity index (χ1v) is 7.34. The normalized spacial score (nSPS) is 15.3. The molecule has 0 unspecified atom stereocenters. The van der Waals surface area contributed by atoms with E-state index < -0.39 is 0 Å². The van der Waals surface area contributed by atoms with Crippen molar-refractivity contribution in [3.63, 3.8) is 0 Å². The molecule has 1 aromatic carbocycles. The van der Waals surface area contributed by atoms with Gasteiger partial charge in [-0.2, -0.15) is 5.10 Å². The van der Waals surface area contributed by atoms with E-state index in [4.69, 9.17) is 11.6 Å². The number of aromatic hydroxyl groups is 1. The summed E-state index contributed by atoms with van der Waals surface area (Å²) < 4.78 is 0. The van der Waals surface area contributed by atoms with Crippen molar-refractivity contribution >= 4 is 11.6 Å². The Morgan fingerprint density at radius 1 is 1.45 bits per heavy atom. The van der Waals surface area contributed by atoms with E-state index in [9.17, 15) is 5.11 Å². The molecule has 1 aromatic heterocycles. The number of hydrogen-bond acceptors (Lipinski definition) is 3. The zero-order valence-electron chi connectivity index (χ0n) is 11.5. The molecule has 5 heteroatoms. The van der Waals surface area contributed by atoms with Crippen LogP contribution in [0.5, 0.6) is 5.75 Å². The summed E-state index contributed by atoms with van der Waals surface area (Å²) in [5.41, 5.74) is 4.37. The van der Waals surface area contributed by atoms with Crippen LogP contribution in [0.25, 0.3) is 11.3 Å². The molecule has 0 saturated carbocycles. The third-order valence-corrected chi connectivity index (χ3v) is 4.08. The van der Waals surface area contributed by atoms with E-state index in [1.165, 1.54) is 11.3 Å². The van der Waals surface area contributed by atoms with Crippen molar-refractivity contribution in [1.29, 1.82) is 0 Å². The smallest absolute Gasteiger partial charge is 0.134 e. The van der Waals surface area contributed by atoms with Gasteiger partial charge in [0.1, 0.15) is 5.75 Å². The zero-order chi connectivity index (χ0) is 14.1. The Labute approximate surface area is 123 Å². The van der Waals surface area contributed by atoms with E-state index in [2.05, 4.69) is 22.0 Å². The highest BCUT2D eigenvalue weighted by atomic mass is 35.5. The van der Waals surface area contributed by atoms with Gasteiger partial charge in [0.2, 0.25) is 0 Å². The molecule has 1 aliphatic heterocycles. The number of hydrogen-bond donors (Lipinski definition) is 2. The van der Waals surface area contributed by atoms with Crippen LogP contribution in [0.1, 0.15) is 24.6 Å². The summed E-state index contributed by atoms with van der Waals surface area (Å²) in [6, 6.07) is 5.24. The third-order valence-electron chi connectivity index (χ3n) is 3.77. The van der Waals surface area contributed by atoms with Crippen LogP contribution in [-0.2, 0) is 13.0 Å². The van der Waals surface area contributed by atoms with Crippen LogP contribution in [-0.4, -0.2) is 33.3 Å². The van der Waals surface area contributed by atoms with Crippen LogP contribution in [0, 0.1) is 0 Å². The van der Waals surface area contributed by atoms with Gasteiger partial charge in [0.05, 0.1) is 10.7 Å². The Morgan fingerprint density at radius 2 is 2.30 bits per heavy atom. The number of fused-ring (bicyclic) bond motifs is 1. The molecule has 0 atom stereocenters. The standard InChI is InChI=1S/C15H18ClN3O/c1-2-6-19-7-5-13-11(9-19)15(18-17-13)10-3-4-14(20)12(16)8-10/h3-4,8,20H,2,5-7,9H2,1H3,(H,17,18). The number of phenols is 1. The van der Waals surface area contributed by atoms with Crippen LogP contribution in [0.2, 0.25) is 5.02 Å². The van der Waals surface area contributed by atoms with Crippen molar-refractivity contribution in [1.82, 2.24) is 15.1 Å². The highest BCUT2D eigenvalue weighted by Gasteiger charge is 2.22. The second kappa shape index (κ2) is 5.46. The summed E-state index contributed by atoms with van der Waals surface area (Å²) in [4.78, 5) is 2.45. The molecule has 2 N–H and O–H groups in total. The number of aromatic nitrogens is 2. The molecule has 2 heterocycles. The first-order valence-electron chi connectivity index (χ1n) is 6.96. The van der Waals surface area contributed by atoms with Crippen molar-refractivity contribution in [2.75, 3.05) is 13.1 Å². The van der Waals surface area contributed by atoms with E-state index in [0.717, 1.165) is 43.7 Å². The Bertz CT molecular complexity index is 624. The Kier molecular flexibility index (Phi) is 3.68. The Hall–Kier alpha value is -1.52. The second-order valence-corrected chi connectivity index (χ2v) is 5.63. The van der Waals surface area contributed by atoms with Gasteiger partial charge in [0, 0.05) is 36.3 Å². The van der Waals surface area contributed by atoms with Crippen molar-refractivity contribution in [3.8, 4) is 17.0 Å². The number of phenolic OH excluding ortho intramolecular Hbond substituents is 1. The van der Waals surface area contributed by atoms with E-state index >= 15 is 0 Å². The molecule has 20 heavy (non-hydrogen) atoms. The van der Waals surface area contributed by atoms with E-state index in [0.29, 0.717) is 5.02 Å². The molecular weight excluding hydrogens is 274 g/mol. The molecule has 0 aliphatic carbocycles. The van der Waals surface area contributed by atoms with Gasteiger partial charge in [-0.15, -0.1) is 0 Å². The van der Waals surface area contributed by atoms with Crippen molar-refractivity contribution in [2.45, 2.75) is 26.3 Å². The zero-order valence-corrected chi connectivity index (χ0v) is 12.2. The van der Waals surface area contributed by atoms with E-state index in [1.807, 2.05) is 6.07 Å². The van der Waals surface area contributed by atoms with Crippen molar-refractivity contribution in [2.24, 2.45) is 0 Å². The first kappa shape index (κ1) is 13.5. The summed E-state index contributed by atoms with van der Waals surface area (Å²) in [6.07, 6.45) is 2.17. The van der Waals surface area contributed by atoms with E-state index in [-0.39, 0.29) is 5.75 Å². The third kappa shape index (κ3) is 2.41. The molecule has 3 rings (SSSR count). The minimum Gasteiger partial charge on any atom is -0.506 e. The van der Waals surface area contributed by atoms with Gasteiger partial charge < -0.3 is 5.11 Å². The molecule has 0 radical (unpaired) electrons. The monoisotopic (exact) mass is 291 g/mol. The molecular formula is C15H18ClN3O. The minimum atomic E-state index is 0.104. The molecule has 0 fully saturated rings. The maximum absolute atomic E-state index is 9.52. The fourth-order valence-corrected chi connectivity index (χ4v) is 2.93. The number of aromatic amines is 1. The molecule has 0 amide bonds. The average Bonchev–Trinajstić information content (AvgIpc) is 2.85. The van der Waals surface area contributed by atoms with Gasteiger partial charge in [-0.1, -0.05) is 18.5 Å². The fraction of sp³-hybridized carbons (Fsp3) is 0.400. The highest BCUT2D eigenvalue weighted by Crippen LogP contribution is 2.32. The predicted molar refractivity (Wildman–Crippen MR) is 80.0 cm³/mol. The number of nitrogens with one attached hydrogen (secondary N) is 1. The highest BCUT2D eigenvalue weighted by molar-refractivity contribution is 6.32. The van der Waals surface area contributed by atoms with Gasteiger partial charge in [0.15, 0.2) is 0 Å². The number of H-pyrrole nitrogens is 1. The van der Waals surface area contributed by atoms with Gasteiger partial charge in [-0.25, -0.2) is 0 Å². The summed E-state index contributed by atoms with van der Waals surface area (Å²) in [5, 5.41) is 17.5. The minimum absolute atomic E-state index is 0.104. The second-order valence-electron chi connectivity index (χ2n) is 5.22. The van der Waals surface area contributed by atoms with Crippen LogP contribution in [0.15, 0.2) is 18.2 Å². The summed E-state index contributed by atoms with van der Waals surface area (Å²) in [6.45, 7) is 5.32. The first-order chi connectivity index (χ1) is 9.69. The lowest BCUT2D eigenvalue weighted by Gasteiger charge is -2.26. The van der Waals surface area contributed by atoms with Crippen molar-refractivity contribution < 1.29 is 5.11 Å². The maximum atomic E-state index is 9.52. The maximum Gasteiger partial charge on any atom is 0.134 e. The number of rotatable bonds is 3. The summed E-state index contributed by atoms with van der Waals surface area (Å²) in [5.74, 6) is 0.104. The lowest BCUT2D eigenvalue weighted by atomic mass is 10.0. The predicted octanol–water partition coefficient (Wildman–Crippen LogP) is 3.20. The van der Waals surface area contributed by atoms with Crippen LogP contribution < -0.4 is 0 Å². The van der Waals surface area contributed by atoms with E-state index in [1.54, 1.807) is 12.1 Å². The van der Waals surface area contributed by atoms with Gasteiger partial charge >= 0.3 is 0 Å². The average molecular weight is 292 g/mol. The lowest BCUT2D eigenvalue weighted by molar-refractivity contribution is 0.254. The SMILES string of the molecule is CCCN1CCc2[nH]nc(-c3ccc(O)c(Cl)c3)c2C1. The molecule has 0 saturated heterocycles. The lowest BCUT2D eigenvalue weighted by Crippen LogP contribution is -2.31. The quantitative estimate of drug-likeness (QED) is 0.913. The fourth-order valence-electron chi connectivity index (χ4n) is 2.75.